The van der Waals surface area contributed by atoms with Crippen molar-refractivity contribution in [2.45, 2.75) is 65.1 Å². The molecular weight excluding hydrogens is 416 g/mol. The molecule has 2 fully saturated rings. The molecule has 0 saturated carbocycles. The molecule has 1 aromatic rings. The molecule has 3 heterocycles. The Morgan fingerprint density at radius 2 is 1.97 bits per heavy atom. The molecule has 3 rings (SSSR count). The Kier molecular flexibility index (Phi) is 7.03. The van der Waals surface area contributed by atoms with Crippen molar-refractivity contribution in [3.63, 3.8) is 0 Å². The SMILES string of the molecule is CC(=O)N[C@@H](CC(C)C)C(=O)N1CCC(C2(C)NC(=O)N(Cc3ccsc3)C2=O)CC1. The molecule has 2 aliphatic rings. The quantitative estimate of drug-likeness (QED) is 0.626. The monoisotopic (exact) mass is 448 g/mol. The van der Waals surface area contributed by atoms with Crippen LogP contribution in [0.25, 0.3) is 0 Å². The Morgan fingerprint density at radius 1 is 1.29 bits per heavy atom. The van der Waals surface area contributed by atoms with E-state index in [1.54, 1.807) is 11.8 Å². The fourth-order valence-corrected chi connectivity index (χ4v) is 5.20. The summed E-state index contributed by atoms with van der Waals surface area (Å²) in [5, 5.41) is 9.54. The largest absolute Gasteiger partial charge is 0.345 e. The van der Waals surface area contributed by atoms with Crippen LogP contribution in [0.2, 0.25) is 0 Å². The maximum atomic E-state index is 13.1. The number of piperidine rings is 1. The Hall–Kier alpha value is -2.42. The van der Waals surface area contributed by atoms with Gasteiger partial charge in [0.05, 0.1) is 6.54 Å². The minimum atomic E-state index is -0.961. The van der Waals surface area contributed by atoms with Gasteiger partial charge in [-0.1, -0.05) is 13.8 Å². The standard InChI is InChI=1S/C22H32N4O4S/c1-14(2)11-18(23-15(3)27)19(28)25-8-5-17(6-9-25)22(4)20(29)26(21(30)24-22)12-16-7-10-31-13-16/h7,10,13-14,17-18H,5-6,8-9,11-12H2,1-4H3,(H,23,27)(H,24,30)/t18-,22?/m0/s1. The molecule has 0 radical (unpaired) electrons. The number of imide groups is 1. The lowest BCUT2D eigenvalue weighted by atomic mass is 9.78. The van der Waals surface area contributed by atoms with E-state index in [1.165, 1.54) is 23.2 Å². The molecule has 2 saturated heterocycles. The van der Waals surface area contributed by atoms with Gasteiger partial charge in [-0.15, -0.1) is 0 Å². The molecule has 1 unspecified atom stereocenters. The number of thiophene rings is 1. The zero-order chi connectivity index (χ0) is 22.8. The number of nitrogens with one attached hydrogen (secondary N) is 2. The molecular formula is C22H32N4O4S. The fourth-order valence-electron chi connectivity index (χ4n) is 4.54. The number of urea groups is 1. The maximum Gasteiger partial charge on any atom is 0.325 e. The minimum absolute atomic E-state index is 0.0511. The van der Waals surface area contributed by atoms with Crippen molar-refractivity contribution in [2.24, 2.45) is 11.8 Å². The van der Waals surface area contributed by atoms with Gasteiger partial charge < -0.3 is 15.5 Å². The van der Waals surface area contributed by atoms with E-state index in [-0.39, 0.29) is 42.1 Å². The van der Waals surface area contributed by atoms with Crippen molar-refractivity contribution >= 4 is 35.1 Å². The van der Waals surface area contributed by atoms with Gasteiger partial charge in [0.1, 0.15) is 11.6 Å². The Morgan fingerprint density at radius 3 is 2.52 bits per heavy atom. The van der Waals surface area contributed by atoms with Crippen LogP contribution in [-0.4, -0.2) is 58.2 Å². The van der Waals surface area contributed by atoms with E-state index in [4.69, 9.17) is 0 Å². The minimum Gasteiger partial charge on any atom is -0.345 e. The average molecular weight is 449 g/mol. The first-order chi connectivity index (χ1) is 14.6. The van der Waals surface area contributed by atoms with E-state index >= 15 is 0 Å². The van der Waals surface area contributed by atoms with Crippen molar-refractivity contribution < 1.29 is 19.2 Å². The van der Waals surface area contributed by atoms with Crippen LogP contribution in [0.1, 0.15) is 52.5 Å². The highest BCUT2D eigenvalue weighted by molar-refractivity contribution is 7.07. The number of hydrogen-bond acceptors (Lipinski definition) is 5. The third-order valence-electron chi connectivity index (χ3n) is 6.23. The third kappa shape index (κ3) is 5.08. The summed E-state index contributed by atoms with van der Waals surface area (Å²) in [6, 6.07) is 1.02. The molecule has 170 valence electrons. The Balaban J connectivity index is 1.63. The molecule has 31 heavy (non-hydrogen) atoms. The van der Waals surface area contributed by atoms with Gasteiger partial charge in [-0.05, 0) is 60.4 Å². The first-order valence-electron chi connectivity index (χ1n) is 10.8. The van der Waals surface area contributed by atoms with Crippen LogP contribution in [0.15, 0.2) is 16.8 Å². The van der Waals surface area contributed by atoms with E-state index in [1.807, 2.05) is 30.7 Å². The van der Waals surface area contributed by atoms with Crippen LogP contribution in [0.4, 0.5) is 4.79 Å². The van der Waals surface area contributed by atoms with Gasteiger partial charge in [-0.2, -0.15) is 11.3 Å². The van der Waals surface area contributed by atoms with Gasteiger partial charge in [-0.3, -0.25) is 19.3 Å². The van der Waals surface area contributed by atoms with Crippen LogP contribution >= 0.6 is 11.3 Å². The van der Waals surface area contributed by atoms with Gasteiger partial charge in [0.15, 0.2) is 0 Å². The number of rotatable bonds is 7. The molecule has 2 aliphatic heterocycles. The van der Waals surface area contributed by atoms with Crippen molar-refractivity contribution in [1.82, 2.24) is 20.4 Å². The Labute approximate surface area is 187 Å². The predicted molar refractivity (Wildman–Crippen MR) is 118 cm³/mol. The van der Waals surface area contributed by atoms with Crippen LogP contribution in [0, 0.1) is 11.8 Å². The number of nitrogens with zero attached hydrogens (tertiary/aromatic N) is 2. The van der Waals surface area contributed by atoms with Gasteiger partial charge >= 0.3 is 6.03 Å². The zero-order valence-corrected chi connectivity index (χ0v) is 19.5. The highest BCUT2D eigenvalue weighted by Crippen LogP contribution is 2.34. The molecule has 0 spiro atoms. The van der Waals surface area contributed by atoms with Crippen LogP contribution < -0.4 is 10.6 Å². The van der Waals surface area contributed by atoms with Crippen molar-refractivity contribution in [3.8, 4) is 0 Å². The van der Waals surface area contributed by atoms with E-state index < -0.39 is 11.6 Å². The number of amides is 5. The van der Waals surface area contributed by atoms with E-state index in [0.717, 1.165) is 5.56 Å². The summed E-state index contributed by atoms with van der Waals surface area (Å²) >= 11 is 1.53. The molecule has 8 nitrogen and oxygen atoms in total. The lowest BCUT2D eigenvalue weighted by Crippen LogP contribution is -2.56. The van der Waals surface area contributed by atoms with Crippen molar-refractivity contribution in [2.75, 3.05) is 13.1 Å². The third-order valence-corrected chi connectivity index (χ3v) is 6.96. The fraction of sp³-hybridized carbons (Fsp3) is 0.636. The molecule has 0 aromatic carbocycles. The summed E-state index contributed by atoms with van der Waals surface area (Å²) in [6.45, 7) is 8.53. The van der Waals surface area contributed by atoms with E-state index in [9.17, 15) is 19.2 Å². The van der Waals surface area contributed by atoms with Crippen molar-refractivity contribution in [1.29, 1.82) is 0 Å². The number of hydrogen-bond donors (Lipinski definition) is 2. The van der Waals surface area contributed by atoms with Gasteiger partial charge in [-0.25, -0.2) is 4.79 Å². The summed E-state index contributed by atoms with van der Waals surface area (Å²) in [5.41, 5.74) is -0.0238. The topological polar surface area (TPSA) is 98.8 Å². The molecule has 0 bridgehead atoms. The first-order valence-corrected chi connectivity index (χ1v) is 11.8. The highest BCUT2D eigenvalue weighted by atomic mass is 32.1. The van der Waals surface area contributed by atoms with Gasteiger partial charge in [0.25, 0.3) is 5.91 Å². The predicted octanol–water partition coefficient (Wildman–Crippen LogP) is 2.35. The average Bonchev–Trinajstić information content (AvgIpc) is 3.29. The summed E-state index contributed by atoms with van der Waals surface area (Å²) < 4.78 is 0. The Bertz CT molecular complexity index is 833. The molecule has 5 amide bonds. The van der Waals surface area contributed by atoms with Crippen molar-refractivity contribution in [3.05, 3.63) is 22.4 Å². The summed E-state index contributed by atoms with van der Waals surface area (Å²) in [4.78, 5) is 53.3. The second-order valence-electron chi connectivity index (χ2n) is 9.14. The lowest BCUT2D eigenvalue weighted by molar-refractivity contribution is -0.139. The van der Waals surface area contributed by atoms with E-state index in [0.29, 0.717) is 32.4 Å². The van der Waals surface area contributed by atoms with Gasteiger partial charge in [0.2, 0.25) is 11.8 Å². The second kappa shape index (κ2) is 9.38. The highest BCUT2D eigenvalue weighted by Gasteiger charge is 2.53. The smallest absolute Gasteiger partial charge is 0.325 e. The van der Waals surface area contributed by atoms with Crippen LogP contribution in [-0.2, 0) is 20.9 Å². The first kappa shape index (κ1) is 23.2. The van der Waals surface area contributed by atoms with Crippen LogP contribution in [0.5, 0.6) is 0 Å². The molecule has 9 heteroatoms. The summed E-state index contributed by atoms with van der Waals surface area (Å²) in [5.74, 6) is -0.272. The molecule has 2 N–H and O–H groups in total. The number of carbonyl (C=O) groups is 4. The zero-order valence-electron chi connectivity index (χ0n) is 18.6. The summed E-state index contributed by atoms with van der Waals surface area (Å²) in [6.07, 6.45) is 1.83. The maximum absolute atomic E-state index is 13.1. The number of likely N-dealkylation sites (tertiary alicyclic amines) is 1. The van der Waals surface area contributed by atoms with E-state index in [2.05, 4.69) is 10.6 Å². The lowest BCUT2D eigenvalue weighted by Gasteiger charge is -2.40. The molecule has 0 aliphatic carbocycles. The summed E-state index contributed by atoms with van der Waals surface area (Å²) in [7, 11) is 0. The molecule has 2 atom stereocenters. The van der Waals surface area contributed by atoms with Gasteiger partial charge in [0, 0.05) is 20.0 Å². The van der Waals surface area contributed by atoms with Crippen LogP contribution in [0.3, 0.4) is 0 Å². The number of carbonyl (C=O) groups excluding carboxylic acids is 4. The molecule has 1 aromatic heterocycles. The second-order valence-corrected chi connectivity index (χ2v) is 9.92. The normalized spacial score (nSPS) is 23.3.